The zero-order chi connectivity index (χ0) is 13.1. The van der Waals surface area contributed by atoms with Crippen molar-refractivity contribution in [3.8, 4) is 0 Å². The van der Waals surface area contributed by atoms with Gasteiger partial charge in [-0.2, -0.15) is 0 Å². The lowest BCUT2D eigenvalue weighted by Gasteiger charge is -2.02. The normalized spacial score (nSPS) is 10.9. The monoisotopic (exact) mass is 248 g/mol. The fraction of sp³-hybridized carbons (Fsp3) is 0.357. The van der Waals surface area contributed by atoms with Crippen molar-refractivity contribution in [2.75, 3.05) is 6.61 Å². The van der Waals surface area contributed by atoms with Crippen molar-refractivity contribution in [3.63, 3.8) is 0 Å². The van der Waals surface area contributed by atoms with E-state index in [-0.39, 0.29) is 12.4 Å². The van der Waals surface area contributed by atoms with Crippen LogP contribution in [0.5, 0.6) is 0 Å². The highest BCUT2D eigenvalue weighted by Crippen LogP contribution is 2.16. The zero-order valence-corrected chi connectivity index (χ0v) is 10.7. The summed E-state index contributed by atoms with van der Waals surface area (Å²) in [4.78, 5) is 4.47. The van der Waals surface area contributed by atoms with E-state index in [1.165, 1.54) is 6.07 Å². The minimum atomic E-state index is -0.203. The molecule has 0 aliphatic rings. The standard InChI is InChI=1S/C14H17FN2O/c1-10-13(16-14(7-8-18)17(10)2)9-11-5-3-4-6-12(11)15/h3-6,18H,7-9H2,1-2H3. The molecule has 0 saturated heterocycles. The molecule has 2 rings (SSSR count). The summed E-state index contributed by atoms with van der Waals surface area (Å²) in [5.41, 5.74) is 2.53. The van der Waals surface area contributed by atoms with Crippen LogP contribution >= 0.6 is 0 Å². The van der Waals surface area contributed by atoms with Crippen LogP contribution in [0.25, 0.3) is 0 Å². The van der Waals surface area contributed by atoms with E-state index < -0.39 is 0 Å². The summed E-state index contributed by atoms with van der Waals surface area (Å²) in [6.45, 7) is 2.04. The molecule has 1 heterocycles. The van der Waals surface area contributed by atoms with E-state index in [0.717, 1.165) is 17.2 Å². The van der Waals surface area contributed by atoms with Gasteiger partial charge < -0.3 is 9.67 Å². The molecular weight excluding hydrogens is 231 g/mol. The van der Waals surface area contributed by atoms with Gasteiger partial charge in [-0.3, -0.25) is 0 Å². The first-order chi connectivity index (χ1) is 8.63. The Kier molecular flexibility index (Phi) is 3.77. The summed E-state index contributed by atoms with van der Waals surface area (Å²) >= 11 is 0. The number of aliphatic hydroxyl groups is 1. The molecule has 0 amide bonds. The maximum Gasteiger partial charge on any atom is 0.126 e. The number of nitrogens with zero attached hydrogens (tertiary/aromatic N) is 2. The van der Waals surface area contributed by atoms with Gasteiger partial charge in [0, 0.05) is 25.6 Å². The number of rotatable bonds is 4. The molecule has 18 heavy (non-hydrogen) atoms. The van der Waals surface area contributed by atoms with Crippen molar-refractivity contribution in [2.45, 2.75) is 19.8 Å². The lowest BCUT2D eigenvalue weighted by atomic mass is 10.1. The van der Waals surface area contributed by atoms with Gasteiger partial charge in [-0.15, -0.1) is 0 Å². The fourth-order valence-corrected chi connectivity index (χ4v) is 2.01. The topological polar surface area (TPSA) is 38.1 Å². The molecule has 96 valence electrons. The number of aromatic nitrogens is 2. The van der Waals surface area contributed by atoms with Crippen LogP contribution in [0.3, 0.4) is 0 Å². The van der Waals surface area contributed by atoms with Gasteiger partial charge in [-0.25, -0.2) is 9.37 Å². The molecule has 0 atom stereocenters. The van der Waals surface area contributed by atoms with Gasteiger partial charge in [-0.05, 0) is 18.6 Å². The summed E-state index contributed by atoms with van der Waals surface area (Å²) in [5, 5.41) is 8.96. The largest absolute Gasteiger partial charge is 0.396 e. The SMILES string of the molecule is Cc1c(Cc2ccccc2F)nc(CCO)n1C. The predicted molar refractivity (Wildman–Crippen MR) is 67.9 cm³/mol. The van der Waals surface area contributed by atoms with Crippen LogP contribution in [-0.4, -0.2) is 21.3 Å². The summed E-state index contributed by atoms with van der Waals surface area (Å²) < 4.78 is 15.5. The van der Waals surface area contributed by atoms with Crippen LogP contribution in [-0.2, 0) is 19.9 Å². The third-order valence-electron chi connectivity index (χ3n) is 3.22. The Hall–Kier alpha value is -1.68. The van der Waals surface area contributed by atoms with Crippen molar-refractivity contribution < 1.29 is 9.50 Å². The quantitative estimate of drug-likeness (QED) is 0.898. The summed E-state index contributed by atoms with van der Waals surface area (Å²) in [6, 6.07) is 6.74. The molecule has 0 aliphatic heterocycles. The lowest BCUT2D eigenvalue weighted by molar-refractivity contribution is 0.295. The van der Waals surface area contributed by atoms with E-state index >= 15 is 0 Å². The number of benzene rings is 1. The Morgan fingerprint density at radius 1 is 1.33 bits per heavy atom. The minimum Gasteiger partial charge on any atom is -0.396 e. The highest BCUT2D eigenvalue weighted by molar-refractivity contribution is 5.26. The van der Waals surface area contributed by atoms with Gasteiger partial charge in [0.15, 0.2) is 0 Å². The maximum atomic E-state index is 13.6. The van der Waals surface area contributed by atoms with Crippen molar-refractivity contribution in [3.05, 3.63) is 52.9 Å². The minimum absolute atomic E-state index is 0.0728. The van der Waals surface area contributed by atoms with Gasteiger partial charge in [0.05, 0.1) is 12.3 Å². The van der Waals surface area contributed by atoms with E-state index in [1.54, 1.807) is 12.1 Å². The van der Waals surface area contributed by atoms with E-state index in [4.69, 9.17) is 5.11 Å². The maximum absolute atomic E-state index is 13.6. The predicted octanol–water partition coefficient (Wildman–Crippen LogP) is 1.99. The number of hydrogen-bond acceptors (Lipinski definition) is 2. The molecular formula is C14H17FN2O. The van der Waals surface area contributed by atoms with Crippen LogP contribution in [0.15, 0.2) is 24.3 Å². The molecule has 0 fully saturated rings. The summed E-state index contributed by atoms with van der Waals surface area (Å²) in [7, 11) is 1.91. The average molecular weight is 248 g/mol. The Bertz CT molecular complexity index is 549. The van der Waals surface area contributed by atoms with Crippen LogP contribution in [0.1, 0.15) is 22.8 Å². The average Bonchev–Trinajstić information content (AvgIpc) is 2.61. The van der Waals surface area contributed by atoms with Gasteiger partial charge >= 0.3 is 0 Å². The molecule has 0 spiro atoms. The van der Waals surface area contributed by atoms with Crippen molar-refractivity contribution >= 4 is 0 Å². The Balaban J connectivity index is 2.30. The second-order valence-electron chi connectivity index (χ2n) is 4.36. The van der Waals surface area contributed by atoms with E-state index in [0.29, 0.717) is 18.4 Å². The molecule has 4 heteroatoms. The van der Waals surface area contributed by atoms with Crippen LogP contribution in [0.4, 0.5) is 4.39 Å². The zero-order valence-electron chi connectivity index (χ0n) is 10.7. The molecule has 0 radical (unpaired) electrons. The smallest absolute Gasteiger partial charge is 0.126 e. The third-order valence-corrected chi connectivity index (χ3v) is 3.22. The van der Waals surface area contributed by atoms with Crippen LogP contribution < -0.4 is 0 Å². The molecule has 1 aromatic heterocycles. The van der Waals surface area contributed by atoms with E-state index in [9.17, 15) is 4.39 Å². The molecule has 2 aromatic rings. The summed E-state index contributed by atoms with van der Waals surface area (Å²) in [5.74, 6) is 0.632. The highest BCUT2D eigenvalue weighted by atomic mass is 19.1. The number of halogens is 1. The Labute approximate surface area is 106 Å². The first-order valence-electron chi connectivity index (χ1n) is 5.98. The van der Waals surface area contributed by atoms with Gasteiger partial charge in [0.25, 0.3) is 0 Å². The first-order valence-corrected chi connectivity index (χ1v) is 5.98. The number of imidazole rings is 1. The van der Waals surface area contributed by atoms with Crippen LogP contribution in [0.2, 0.25) is 0 Å². The second kappa shape index (κ2) is 5.31. The van der Waals surface area contributed by atoms with Crippen LogP contribution in [0, 0.1) is 12.7 Å². The molecule has 0 saturated carbocycles. The highest BCUT2D eigenvalue weighted by Gasteiger charge is 2.12. The van der Waals surface area contributed by atoms with Crippen molar-refractivity contribution in [1.82, 2.24) is 9.55 Å². The van der Waals surface area contributed by atoms with Crippen molar-refractivity contribution in [2.24, 2.45) is 7.05 Å². The second-order valence-corrected chi connectivity index (χ2v) is 4.36. The van der Waals surface area contributed by atoms with Gasteiger partial charge in [0.1, 0.15) is 11.6 Å². The first kappa shape index (κ1) is 12.8. The van der Waals surface area contributed by atoms with Gasteiger partial charge in [-0.1, -0.05) is 18.2 Å². The Morgan fingerprint density at radius 3 is 2.72 bits per heavy atom. The molecule has 1 N–H and O–H groups in total. The third kappa shape index (κ3) is 2.43. The molecule has 0 bridgehead atoms. The lowest BCUT2D eigenvalue weighted by Crippen LogP contribution is -2.01. The number of aliphatic hydroxyl groups excluding tert-OH is 1. The van der Waals surface area contributed by atoms with Gasteiger partial charge in [0.2, 0.25) is 0 Å². The number of hydrogen-bond donors (Lipinski definition) is 1. The molecule has 0 unspecified atom stereocenters. The Morgan fingerprint density at radius 2 is 2.06 bits per heavy atom. The molecule has 1 aromatic carbocycles. The van der Waals surface area contributed by atoms with Crippen molar-refractivity contribution in [1.29, 1.82) is 0 Å². The van der Waals surface area contributed by atoms with E-state index in [1.807, 2.05) is 24.6 Å². The summed E-state index contributed by atoms with van der Waals surface area (Å²) in [6.07, 6.45) is 1.01. The van der Waals surface area contributed by atoms with E-state index in [2.05, 4.69) is 4.98 Å². The fourth-order valence-electron chi connectivity index (χ4n) is 2.01. The molecule has 3 nitrogen and oxygen atoms in total. The molecule has 0 aliphatic carbocycles.